The molecule has 1 N–H and O–H groups in total. The van der Waals surface area contributed by atoms with E-state index in [1.165, 1.54) is 6.92 Å². The van der Waals surface area contributed by atoms with E-state index in [2.05, 4.69) is 5.32 Å². The molecular formula is C23H28ClNO4. The van der Waals surface area contributed by atoms with Gasteiger partial charge in [0, 0.05) is 16.8 Å². The number of aryl methyl sites for hydroxylation is 1. The van der Waals surface area contributed by atoms with Crippen molar-refractivity contribution in [2.75, 3.05) is 11.9 Å². The number of carbonyl (C=O) groups is 2. The molecule has 0 aliphatic rings. The van der Waals surface area contributed by atoms with Gasteiger partial charge >= 0.3 is 0 Å². The second-order valence-electron chi connectivity index (χ2n) is 6.82. The summed E-state index contributed by atoms with van der Waals surface area (Å²) < 4.78 is 11.6. The average molecular weight is 418 g/mol. The lowest BCUT2D eigenvalue weighted by Gasteiger charge is -2.19. The summed E-state index contributed by atoms with van der Waals surface area (Å²) >= 11 is 6.44. The predicted octanol–water partition coefficient (Wildman–Crippen LogP) is 6.07. The van der Waals surface area contributed by atoms with Crippen molar-refractivity contribution in [3.05, 3.63) is 52.0 Å². The van der Waals surface area contributed by atoms with Crippen molar-refractivity contribution in [1.82, 2.24) is 0 Å². The third-order valence-electron chi connectivity index (χ3n) is 4.64. The highest BCUT2D eigenvalue weighted by atomic mass is 35.5. The molecule has 0 aliphatic heterocycles. The lowest BCUT2D eigenvalue weighted by atomic mass is 10.0. The molecule has 0 bridgehead atoms. The Labute approximate surface area is 177 Å². The van der Waals surface area contributed by atoms with E-state index in [4.69, 9.17) is 21.1 Å². The van der Waals surface area contributed by atoms with Crippen LogP contribution in [0.5, 0.6) is 11.5 Å². The number of hydrogen-bond donors (Lipinski definition) is 1. The van der Waals surface area contributed by atoms with Crippen LogP contribution in [0, 0.1) is 6.92 Å². The molecule has 0 fully saturated rings. The van der Waals surface area contributed by atoms with Gasteiger partial charge in [0.2, 0.25) is 0 Å². The normalized spacial score (nSPS) is 10.7. The van der Waals surface area contributed by atoms with E-state index in [1.54, 1.807) is 30.3 Å². The van der Waals surface area contributed by atoms with Gasteiger partial charge in [0.25, 0.3) is 5.91 Å². The van der Waals surface area contributed by atoms with Crippen LogP contribution in [-0.2, 0) is 0 Å². The minimum absolute atomic E-state index is 0.00191. The molecule has 0 radical (unpaired) electrons. The van der Waals surface area contributed by atoms with Crippen LogP contribution in [0.1, 0.15) is 66.8 Å². The van der Waals surface area contributed by atoms with Crippen molar-refractivity contribution in [1.29, 1.82) is 0 Å². The predicted molar refractivity (Wildman–Crippen MR) is 117 cm³/mol. The van der Waals surface area contributed by atoms with Gasteiger partial charge in [-0.2, -0.15) is 0 Å². The lowest BCUT2D eigenvalue weighted by molar-refractivity contribution is 0.101. The first-order valence-corrected chi connectivity index (χ1v) is 10.2. The Kier molecular flexibility index (Phi) is 8.09. The van der Waals surface area contributed by atoms with Crippen molar-refractivity contribution in [2.24, 2.45) is 0 Å². The summed E-state index contributed by atoms with van der Waals surface area (Å²) in [6.07, 6.45) is 1.66. The number of amides is 1. The summed E-state index contributed by atoms with van der Waals surface area (Å²) in [4.78, 5) is 24.5. The fourth-order valence-corrected chi connectivity index (χ4v) is 3.23. The van der Waals surface area contributed by atoms with Crippen molar-refractivity contribution >= 4 is 29.0 Å². The summed E-state index contributed by atoms with van der Waals surface area (Å²) in [6, 6.07) is 8.44. The molecule has 0 aromatic heterocycles. The van der Waals surface area contributed by atoms with E-state index in [1.807, 2.05) is 27.7 Å². The highest BCUT2D eigenvalue weighted by Gasteiger charge is 2.18. The number of ether oxygens (including phenoxy) is 2. The highest BCUT2D eigenvalue weighted by molar-refractivity contribution is 6.33. The maximum atomic E-state index is 12.9. The largest absolute Gasteiger partial charge is 0.492 e. The highest BCUT2D eigenvalue weighted by Crippen LogP contribution is 2.37. The smallest absolute Gasteiger partial charge is 0.255 e. The van der Waals surface area contributed by atoms with Crippen LogP contribution in [0.3, 0.4) is 0 Å². The summed E-state index contributed by atoms with van der Waals surface area (Å²) in [5.74, 6) is 0.514. The molecule has 0 spiro atoms. The molecule has 0 atom stereocenters. The second kappa shape index (κ2) is 10.3. The van der Waals surface area contributed by atoms with Gasteiger partial charge in [0.05, 0.1) is 12.7 Å². The van der Waals surface area contributed by atoms with Gasteiger partial charge in [-0.05, 0) is 69.5 Å². The number of halogens is 1. The topological polar surface area (TPSA) is 64.6 Å². The number of Topliss-reactive ketones (excluding diaryl/α,β-unsaturated/α-hetero) is 1. The zero-order valence-electron chi connectivity index (χ0n) is 17.6. The molecule has 2 aromatic carbocycles. The number of anilines is 1. The number of rotatable bonds is 9. The number of carbonyl (C=O) groups excluding carboxylic acids is 2. The molecular weight excluding hydrogens is 390 g/mol. The van der Waals surface area contributed by atoms with Crippen LogP contribution in [0.2, 0.25) is 5.02 Å². The fraction of sp³-hybridized carbons (Fsp3) is 0.391. The van der Waals surface area contributed by atoms with Gasteiger partial charge in [-0.1, -0.05) is 25.4 Å². The van der Waals surface area contributed by atoms with Crippen molar-refractivity contribution in [3.63, 3.8) is 0 Å². The van der Waals surface area contributed by atoms with Gasteiger partial charge in [-0.3, -0.25) is 9.59 Å². The molecule has 29 heavy (non-hydrogen) atoms. The molecule has 0 unspecified atom stereocenters. The van der Waals surface area contributed by atoms with Gasteiger partial charge in [0.1, 0.15) is 16.5 Å². The maximum Gasteiger partial charge on any atom is 0.255 e. The molecule has 0 saturated heterocycles. The summed E-state index contributed by atoms with van der Waals surface area (Å²) in [7, 11) is 0. The third kappa shape index (κ3) is 5.73. The van der Waals surface area contributed by atoms with Crippen LogP contribution in [-0.4, -0.2) is 24.4 Å². The fourth-order valence-electron chi connectivity index (χ4n) is 3.02. The summed E-state index contributed by atoms with van der Waals surface area (Å²) in [5.41, 5.74) is 2.42. The van der Waals surface area contributed by atoms with Crippen LogP contribution in [0.4, 0.5) is 5.69 Å². The SMILES string of the molecule is CCOc1cc(C(=O)Nc2ccc(C(C)=O)c(C)c2)cc(OC(CC)CC)c1Cl. The second-order valence-corrected chi connectivity index (χ2v) is 7.19. The van der Waals surface area contributed by atoms with Crippen molar-refractivity contribution in [2.45, 2.75) is 53.6 Å². The number of hydrogen-bond acceptors (Lipinski definition) is 4. The zero-order valence-corrected chi connectivity index (χ0v) is 18.4. The van der Waals surface area contributed by atoms with Crippen molar-refractivity contribution in [3.8, 4) is 11.5 Å². The quantitative estimate of drug-likeness (QED) is 0.503. The molecule has 6 heteroatoms. The Bertz CT molecular complexity index is 891. The van der Waals surface area contributed by atoms with Crippen LogP contribution in [0.25, 0.3) is 0 Å². The standard InChI is InChI=1S/C23H28ClNO4/c1-6-18(7-2)29-21-13-16(12-20(22(21)24)28-8-3)23(27)25-17-9-10-19(15(5)26)14(4)11-17/h9-13,18H,6-8H2,1-5H3,(H,25,27). The number of benzene rings is 2. The number of nitrogens with one attached hydrogen (secondary N) is 1. The Balaban J connectivity index is 2.34. The molecule has 0 saturated carbocycles. The summed E-state index contributed by atoms with van der Waals surface area (Å²) in [5, 5.41) is 3.22. The minimum atomic E-state index is -0.313. The lowest BCUT2D eigenvalue weighted by Crippen LogP contribution is -2.16. The molecule has 2 aromatic rings. The summed E-state index contributed by atoms with van der Waals surface area (Å²) in [6.45, 7) is 9.70. The Hall–Kier alpha value is -2.53. The van der Waals surface area contributed by atoms with Crippen LogP contribution < -0.4 is 14.8 Å². The maximum absolute atomic E-state index is 12.9. The van der Waals surface area contributed by atoms with E-state index in [9.17, 15) is 9.59 Å². The minimum Gasteiger partial charge on any atom is -0.492 e. The Morgan fingerprint density at radius 3 is 2.28 bits per heavy atom. The Morgan fingerprint density at radius 1 is 1.07 bits per heavy atom. The third-order valence-corrected chi connectivity index (χ3v) is 5.01. The Morgan fingerprint density at radius 2 is 1.72 bits per heavy atom. The molecule has 5 nitrogen and oxygen atoms in total. The number of ketones is 1. The first-order valence-electron chi connectivity index (χ1n) is 9.86. The van der Waals surface area contributed by atoms with E-state index < -0.39 is 0 Å². The monoisotopic (exact) mass is 417 g/mol. The van der Waals surface area contributed by atoms with E-state index in [0.717, 1.165) is 18.4 Å². The van der Waals surface area contributed by atoms with Gasteiger partial charge in [0.15, 0.2) is 5.78 Å². The van der Waals surface area contributed by atoms with Crippen molar-refractivity contribution < 1.29 is 19.1 Å². The van der Waals surface area contributed by atoms with Crippen LogP contribution in [0.15, 0.2) is 30.3 Å². The first-order chi connectivity index (χ1) is 13.8. The molecule has 0 heterocycles. The van der Waals surface area contributed by atoms with E-state index in [0.29, 0.717) is 39.9 Å². The first kappa shape index (κ1) is 22.8. The van der Waals surface area contributed by atoms with Gasteiger partial charge in [-0.15, -0.1) is 0 Å². The van der Waals surface area contributed by atoms with Gasteiger partial charge in [-0.25, -0.2) is 0 Å². The van der Waals surface area contributed by atoms with Gasteiger partial charge < -0.3 is 14.8 Å². The molecule has 1 amide bonds. The van der Waals surface area contributed by atoms with E-state index in [-0.39, 0.29) is 17.8 Å². The molecule has 156 valence electrons. The van der Waals surface area contributed by atoms with Crippen LogP contribution >= 0.6 is 11.6 Å². The zero-order chi connectivity index (χ0) is 21.6. The average Bonchev–Trinajstić information content (AvgIpc) is 2.68. The molecule has 0 aliphatic carbocycles. The van der Waals surface area contributed by atoms with E-state index >= 15 is 0 Å². The molecule has 2 rings (SSSR count).